The van der Waals surface area contributed by atoms with Gasteiger partial charge in [-0.15, -0.1) is 0 Å². The van der Waals surface area contributed by atoms with Crippen LogP contribution in [0.5, 0.6) is 0 Å². The second-order valence-corrected chi connectivity index (χ2v) is 19.1. The highest BCUT2D eigenvalue weighted by molar-refractivity contribution is 8.00. The standard InChI is InChI=1S/C48H50N4S/c1-2-11-30(12-3-1)46-36-16-4-6-19-38(36)49-48(50-46)52-39-20-7-5-15-33(39)37-27-31(23-25-40(37)52)32-24-26-41-44(28-32)53-43-22-10-18-35-34-17-8-13-29-14-9-21-42(45(29)34)51(41)47(35)43/h1-7,11-12,15-16,19-20,23,25,27,29,32,34-35,41-45,47H,8-10,13-14,17-18,21-22,24,26,28H2. The summed E-state index contributed by atoms with van der Waals surface area (Å²) < 4.78 is 2.31. The number of para-hydroxylation sites is 2. The summed E-state index contributed by atoms with van der Waals surface area (Å²) in [7, 11) is 0. The Hall–Kier alpha value is -3.67. The van der Waals surface area contributed by atoms with E-state index in [2.05, 4.69) is 118 Å². The third kappa shape index (κ3) is 4.84. The number of fused-ring (bicyclic) bond motifs is 8. The van der Waals surface area contributed by atoms with Crippen LogP contribution in [0.2, 0.25) is 0 Å². The Balaban J connectivity index is 0.912. The van der Waals surface area contributed by atoms with E-state index in [0.29, 0.717) is 5.92 Å². The molecule has 0 N–H and O–H groups in total. The van der Waals surface area contributed by atoms with Crippen LogP contribution in [0.15, 0.2) is 97.1 Å². The summed E-state index contributed by atoms with van der Waals surface area (Å²) in [5, 5.41) is 5.34. The fraction of sp³-hybridized carbons (Fsp3) is 0.458. The third-order valence-electron chi connectivity index (χ3n) is 15.3. The zero-order valence-electron chi connectivity index (χ0n) is 30.7. The maximum absolute atomic E-state index is 5.32. The van der Waals surface area contributed by atoms with Crippen molar-refractivity contribution in [3.05, 3.63) is 103 Å². The molecule has 2 saturated heterocycles. The van der Waals surface area contributed by atoms with Crippen molar-refractivity contribution in [3.63, 3.8) is 0 Å². The average Bonchev–Trinajstić information content (AvgIpc) is 3.55. The molecule has 4 aliphatic carbocycles. The van der Waals surface area contributed by atoms with E-state index in [-0.39, 0.29) is 0 Å². The molecule has 6 fully saturated rings. The van der Waals surface area contributed by atoms with Gasteiger partial charge in [0.1, 0.15) is 0 Å². The lowest BCUT2D eigenvalue weighted by molar-refractivity contribution is -0.138. The van der Waals surface area contributed by atoms with Crippen molar-refractivity contribution in [1.82, 2.24) is 19.4 Å². The summed E-state index contributed by atoms with van der Waals surface area (Å²) in [5.74, 6) is 5.42. The highest BCUT2D eigenvalue weighted by Gasteiger charge is 2.60. The Morgan fingerprint density at radius 3 is 2.28 bits per heavy atom. The molecular formula is C48H50N4S. The predicted octanol–water partition coefficient (Wildman–Crippen LogP) is 11.6. The normalized spacial score (nSPS) is 33.7. The number of hydrogen-bond donors (Lipinski definition) is 0. The number of rotatable bonds is 3. The molecule has 268 valence electrons. The molecule has 5 heteroatoms. The van der Waals surface area contributed by atoms with E-state index in [0.717, 1.165) is 80.4 Å². The van der Waals surface area contributed by atoms with Crippen molar-refractivity contribution in [1.29, 1.82) is 0 Å². The van der Waals surface area contributed by atoms with Crippen LogP contribution in [0.4, 0.5) is 0 Å². The van der Waals surface area contributed by atoms with E-state index in [9.17, 15) is 0 Å². The first-order valence-corrected chi connectivity index (χ1v) is 22.0. The predicted molar refractivity (Wildman–Crippen MR) is 220 cm³/mol. The minimum Gasteiger partial charge on any atom is -0.292 e. The van der Waals surface area contributed by atoms with Crippen molar-refractivity contribution in [2.45, 2.75) is 112 Å². The maximum atomic E-state index is 5.32. The van der Waals surface area contributed by atoms with Crippen molar-refractivity contribution in [2.75, 3.05) is 0 Å². The first-order chi connectivity index (χ1) is 26.3. The summed E-state index contributed by atoms with van der Waals surface area (Å²) in [4.78, 5) is 13.8. The maximum Gasteiger partial charge on any atom is 0.235 e. The van der Waals surface area contributed by atoms with Gasteiger partial charge in [-0.1, -0.05) is 105 Å². The second-order valence-electron chi connectivity index (χ2n) is 17.6. The molecule has 6 aromatic rings. The molecule has 12 rings (SSSR count). The Bertz CT molecular complexity index is 2350. The minimum atomic E-state index is 0.624. The van der Waals surface area contributed by atoms with Crippen molar-refractivity contribution >= 4 is 44.5 Å². The van der Waals surface area contributed by atoms with Crippen LogP contribution in [0.1, 0.15) is 88.5 Å². The molecular weight excluding hydrogens is 665 g/mol. The first kappa shape index (κ1) is 31.7. The molecule has 2 aliphatic heterocycles. The van der Waals surface area contributed by atoms with Crippen molar-refractivity contribution in [2.24, 2.45) is 23.7 Å². The first-order valence-electron chi connectivity index (χ1n) is 21.1. The van der Waals surface area contributed by atoms with Gasteiger partial charge < -0.3 is 0 Å². The topological polar surface area (TPSA) is 34.0 Å². The Morgan fingerprint density at radius 2 is 1.36 bits per heavy atom. The lowest BCUT2D eigenvalue weighted by atomic mass is 9.53. The van der Waals surface area contributed by atoms with Gasteiger partial charge in [0.25, 0.3) is 0 Å². The van der Waals surface area contributed by atoms with Crippen LogP contribution in [0.25, 0.3) is 49.9 Å². The summed E-state index contributed by atoms with van der Waals surface area (Å²) >= 11 is 2.47. The summed E-state index contributed by atoms with van der Waals surface area (Å²) in [6.45, 7) is 0. The molecule has 2 aromatic heterocycles. The van der Waals surface area contributed by atoms with E-state index < -0.39 is 0 Å². The largest absolute Gasteiger partial charge is 0.292 e. The minimum absolute atomic E-state index is 0.624. The van der Waals surface area contributed by atoms with Crippen molar-refractivity contribution < 1.29 is 0 Å². The van der Waals surface area contributed by atoms with Crippen molar-refractivity contribution in [3.8, 4) is 17.2 Å². The second kappa shape index (κ2) is 12.4. The van der Waals surface area contributed by atoms with Crippen LogP contribution in [0.3, 0.4) is 0 Å². The molecule has 10 unspecified atom stereocenters. The quantitative estimate of drug-likeness (QED) is 0.183. The van der Waals surface area contributed by atoms with Crippen LogP contribution in [-0.2, 0) is 0 Å². The van der Waals surface area contributed by atoms with Crippen LogP contribution in [-0.4, -0.2) is 48.1 Å². The van der Waals surface area contributed by atoms with E-state index in [4.69, 9.17) is 9.97 Å². The molecule has 4 aromatic carbocycles. The van der Waals surface area contributed by atoms with Gasteiger partial charge in [-0.05, 0) is 104 Å². The highest BCUT2D eigenvalue weighted by Crippen LogP contribution is 2.61. The van der Waals surface area contributed by atoms with Gasteiger partial charge in [0, 0.05) is 50.3 Å². The molecule has 4 saturated carbocycles. The van der Waals surface area contributed by atoms with E-state index in [1.165, 1.54) is 98.0 Å². The molecule has 53 heavy (non-hydrogen) atoms. The fourth-order valence-corrected chi connectivity index (χ4v) is 15.4. The zero-order chi connectivity index (χ0) is 34.6. The zero-order valence-corrected chi connectivity index (χ0v) is 31.5. The highest BCUT2D eigenvalue weighted by atomic mass is 32.2. The number of nitrogens with zero attached hydrogens (tertiary/aromatic N) is 4. The van der Waals surface area contributed by atoms with Gasteiger partial charge in [0.15, 0.2) is 0 Å². The smallest absolute Gasteiger partial charge is 0.235 e. The molecule has 0 radical (unpaired) electrons. The lowest BCUT2D eigenvalue weighted by Gasteiger charge is -2.67. The molecule has 0 bridgehead atoms. The van der Waals surface area contributed by atoms with Crippen LogP contribution >= 0.6 is 11.8 Å². The van der Waals surface area contributed by atoms with E-state index in [1.807, 2.05) is 0 Å². The number of hydrogen-bond acceptors (Lipinski definition) is 4. The van der Waals surface area contributed by atoms with Crippen LogP contribution in [0, 0.1) is 23.7 Å². The van der Waals surface area contributed by atoms with E-state index >= 15 is 0 Å². The van der Waals surface area contributed by atoms with Gasteiger partial charge >= 0.3 is 0 Å². The van der Waals surface area contributed by atoms with Gasteiger partial charge in [-0.25, -0.2) is 9.97 Å². The molecule has 4 heterocycles. The van der Waals surface area contributed by atoms with Gasteiger partial charge in [-0.3, -0.25) is 9.47 Å². The van der Waals surface area contributed by atoms with E-state index in [1.54, 1.807) is 6.42 Å². The number of thioether (sulfide) groups is 1. The van der Waals surface area contributed by atoms with Gasteiger partial charge in [0.2, 0.25) is 5.95 Å². The summed E-state index contributed by atoms with van der Waals surface area (Å²) in [6.07, 6.45) is 17.6. The molecule has 10 atom stereocenters. The van der Waals surface area contributed by atoms with Crippen LogP contribution < -0.4 is 0 Å². The van der Waals surface area contributed by atoms with Gasteiger partial charge in [-0.2, -0.15) is 11.8 Å². The number of piperidine rings is 1. The Kier molecular flexibility index (Phi) is 7.42. The average molecular weight is 715 g/mol. The lowest BCUT2D eigenvalue weighted by Crippen LogP contribution is -2.72. The summed E-state index contributed by atoms with van der Waals surface area (Å²) in [6, 6.07) is 37.9. The Labute approximate surface area is 317 Å². The summed E-state index contributed by atoms with van der Waals surface area (Å²) in [5.41, 5.74) is 6.99. The molecule has 4 nitrogen and oxygen atoms in total. The molecule has 0 spiro atoms. The monoisotopic (exact) mass is 714 g/mol. The SMILES string of the molecule is c1ccc(-c2nc(-n3c4ccccc4c4cc(C5CCC6C(C5)SC5CCCC7C8CCCC9CCCC(C98)N6C57)ccc43)nc3ccccc23)cc1. The molecule has 6 aliphatic rings. The number of benzene rings is 4. The number of aromatic nitrogens is 3. The fourth-order valence-electron chi connectivity index (χ4n) is 13.4. The third-order valence-corrected chi connectivity index (χ3v) is 17.0. The molecule has 0 amide bonds. The Morgan fingerprint density at radius 1 is 0.585 bits per heavy atom. The van der Waals surface area contributed by atoms with Gasteiger partial charge in [0.05, 0.1) is 22.2 Å².